The van der Waals surface area contributed by atoms with E-state index in [-0.39, 0.29) is 24.3 Å². The molecule has 1 aromatic heterocycles. The molecule has 0 N–H and O–H groups in total. The maximum Gasteiger partial charge on any atom is 0.273 e. The number of rotatable bonds is 5. The lowest BCUT2D eigenvalue weighted by Crippen LogP contribution is -2.40. The normalized spacial score (nSPS) is 16.2. The molecular formula is C28H31N3O3S. The highest BCUT2D eigenvalue weighted by Gasteiger charge is 2.28. The van der Waals surface area contributed by atoms with Gasteiger partial charge in [-0.25, -0.2) is 4.98 Å². The molecule has 2 aliphatic rings. The molecule has 6 nitrogen and oxygen atoms in total. The van der Waals surface area contributed by atoms with E-state index in [1.165, 1.54) is 16.7 Å². The van der Waals surface area contributed by atoms with Gasteiger partial charge in [-0.2, -0.15) is 0 Å². The van der Waals surface area contributed by atoms with E-state index in [1.54, 1.807) is 11.3 Å². The van der Waals surface area contributed by atoms with Crippen molar-refractivity contribution >= 4 is 23.2 Å². The second-order valence-electron chi connectivity index (χ2n) is 9.51. The van der Waals surface area contributed by atoms with E-state index in [4.69, 9.17) is 9.72 Å². The van der Waals surface area contributed by atoms with Crippen LogP contribution in [0, 0.1) is 13.8 Å². The molecule has 3 aromatic rings. The van der Waals surface area contributed by atoms with Crippen LogP contribution in [0.4, 0.5) is 0 Å². The van der Waals surface area contributed by atoms with Gasteiger partial charge in [0.05, 0.1) is 5.01 Å². The second kappa shape index (κ2) is 10.2. The van der Waals surface area contributed by atoms with Crippen LogP contribution in [0.3, 0.4) is 0 Å². The number of likely N-dealkylation sites (tertiary alicyclic amines) is 1. The number of aryl methyl sites for hydroxylation is 2. The predicted octanol–water partition coefficient (Wildman–Crippen LogP) is 4.74. The Kier molecular flexibility index (Phi) is 6.86. The van der Waals surface area contributed by atoms with E-state index < -0.39 is 0 Å². The number of nitrogens with zero attached hydrogens (tertiary/aromatic N) is 3. The summed E-state index contributed by atoms with van der Waals surface area (Å²) in [5.41, 5.74) is 5.46. The molecule has 3 heterocycles. The van der Waals surface area contributed by atoms with Gasteiger partial charge in [0.2, 0.25) is 0 Å². The van der Waals surface area contributed by atoms with Crippen molar-refractivity contribution in [1.29, 1.82) is 0 Å². The highest BCUT2D eigenvalue weighted by Crippen LogP contribution is 2.31. The zero-order chi connectivity index (χ0) is 24.4. The lowest BCUT2D eigenvalue weighted by Gasteiger charge is -2.31. The molecule has 35 heavy (non-hydrogen) atoms. The molecule has 0 unspecified atom stereocenters. The number of piperidine rings is 1. The van der Waals surface area contributed by atoms with Gasteiger partial charge in [-0.3, -0.25) is 9.59 Å². The molecule has 0 atom stereocenters. The average Bonchev–Trinajstić information content (AvgIpc) is 3.39. The van der Waals surface area contributed by atoms with E-state index in [0.29, 0.717) is 25.3 Å². The van der Waals surface area contributed by atoms with Gasteiger partial charge in [0.25, 0.3) is 11.8 Å². The molecule has 2 amide bonds. The molecule has 0 saturated carbocycles. The molecule has 2 aliphatic heterocycles. The van der Waals surface area contributed by atoms with Gasteiger partial charge in [0.1, 0.15) is 11.4 Å². The summed E-state index contributed by atoms with van der Waals surface area (Å²) in [7, 11) is 0. The first-order chi connectivity index (χ1) is 17.0. The largest absolute Gasteiger partial charge is 0.484 e. The van der Waals surface area contributed by atoms with Crippen LogP contribution in [0.1, 0.15) is 56.5 Å². The van der Waals surface area contributed by atoms with Crippen LogP contribution in [0.5, 0.6) is 5.75 Å². The molecule has 7 heteroatoms. The lowest BCUT2D eigenvalue weighted by atomic mass is 9.97. The minimum Gasteiger partial charge on any atom is -0.484 e. The summed E-state index contributed by atoms with van der Waals surface area (Å²) in [6.45, 7) is 6.90. The third kappa shape index (κ3) is 5.25. The first kappa shape index (κ1) is 23.5. The first-order valence-corrected chi connectivity index (χ1v) is 13.1. The van der Waals surface area contributed by atoms with Crippen molar-refractivity contribution in [3.05, 3.63) is 80.8 Å². The van der Waals surface area contributed by atoms with Crippen LogP contribution in [0.15, 0.2) is 47.8 Å². The Morgan fingerprint density at radius 2 is 1.77 bits per heavy atom. The van der Waals surface area contributed by atoms with Gasteiger partial charge in [-0.1, -0.05) is 30.3 Å². The smallest absolute Gasteiger partial charge is 0.273 e. The summed E-state index contributed by atoms with van der Waals surface area (Å²) >= 11 is 1.57. The predicted molar refractivity (Wildman–Crippen MR) is 137 cm³/mol. The first-order valence-electron chi connectivity index (χ1n) is 12.3. The van der Waals surface area contributed by atoms with Crippen LogP contribution >= 0.6 is 11.3 Å². The fourth-order valence-electron chi connectivity index (χ4n) is 4.82. The van der Waals surface area contributed by atoms with Crippen molar-refractivity contribution in [2.75, 3.05) is 26.2 Å². The summed E-state index contributed by atoms with van der Waals surface area (Å²) in [4.78, 5) is 34.2. The quantitative estimate of drug-likeness (QED) is 0.519. The van der Waals surface area contributed by atoms with Crippen molar-refractivity contribution in [2.24, 2.45) is 0 Å². The van der Waals surface area contributed by atoms with Gasteiger partial charge in [0, 0.05) is 37.5 Å². The summed E-state index contributed by atoms with van der Waals surface area (Å²) in [5.74, 6) is 1.04. The number of aromatic nitrogens is 1. The highest BCUT2D eigenvalue weighted by molar-refractivity contribution is 7.09. The Labute approximate surface area is 210 Å². The number of carbonyl (C=O) groups excluding carboxylic acids is 2. The van der Waals surface area contributed by atoms with Gasteiger partial charge in [0.15, 0.2) is 6.61 Å². The van der Waals surface area contributed by atoms with E-state index in [0.717, 1.165) is 42.1 Å². The molecule has 182 valence electrons. The molecule has 5 rings (SSSR count). The van der Waals surface area contributed by atoms with Crippen LogP contribution < -0.4 is 4.74 Å². The van der Waals surface area contributed by atoms with Crippen LogP contribution in [-0.2, 0) is 17.8 Å². The number of benzene rings is 2. The second-order valence-corrected chi connectivity index (χ2v) is 10.4. The van der Waals surface area contributed by atoms with E-state index in [1.807, 2.05) is 46.4 Å². The van der Waals surface area contributed by atoms with Crippen LogP contribution in [0.25, 0.3) is 0 Å². The van der Waals surface area contributed by atoms with Gasteiger partial charge in [-0.05, 0) is 67.5 Å². The van der Waals surface area contributed by atoms with Gasteiger partial charge in [-0.15, -0.1) is 11.3 Å². The minimum absolute atomic E-state index is 0.0121. The van der Waals surface area contributed by atoms with Crippen LogP contribution in [0.2, 0.25) is 0 Å². The van der Waals surface area contributed by atoms with Crippen LogP contribution in [-0.4, -0.2) is 52.8 Å². The molecular weight excluding hydrogens is 458 g/mol. The summed E-state index contributed by atoms with van der Waals surface area (Å²) < 4.78 is 5.73. The zero-order valence-electron chi connectivity index (χ0n) is 20.3. The minimum atomic E-state index is 0.0121. The fraction of sp³-hybridized carbons (Fsp3) is 0.393. The Bertz CT molecular complexity index is 1230. The van der Waals surface area contributed by atoms with E-state index >= 15 is 0 Å². The maximum atomic E-state index is 13.1. The molecule has 0 radical (unpaired) electrons. The van der Waals surface area contributed by atoms with Gasteiger partial charge >= 0.3 is 0 Å². The number of ether oxygens (including phenoxy) is 1. The average molecular weight is 490 g/mol. The Morgan fingerprint density at radius 3 is 2.54 bits per heavy atom. The third-order valence-electron chi connectivity index (χ3n) is 7.20. The fourth-order valence-corrected chi connectivity index (χ4v) is 5.79. The molecule has 0 bridgehead atoms. The number of carbonyl (C=O) groups is 2. The molecule has 0 aliphatic carbocycles. The number of amides is 2. The Balaban J connectivity index is 1.13. The van der Waals surface area contributed by atoms with E-state index in [9.17, 15) is 9.59 Å². The monoisotopic (exact) mass is 489 g/mol. The van der Waals surface area contributed by atoms with Crippen molar-refractivity contribution in [3.8, 4) is 5.75 Å². The molecule has 2 aromatic carbocycles. The highest BCUT2D eigenvalue weighted by atomic mass is 32.1. The summed E-state index contributed by atoms with van der Waals surface area (Å²) in [6, 6.07) is 14.2. The van der Waals surface area contributed by atoms with Crippen molar-refractivity contribution in [3.63, 3.8) is 0 Å². The van der Waals surface area contributed by atoms with Gasteiger partial charge < -0.3 is 14.5 Å². The van der Waals surface area contributed by atoms with Crippen molar-refractivity contribution in [2.45, 2.75) is 45.6 Å². The molecule has 1 fully saturated rings. The number of hydrogen-bond donors (Lipinski definition) is 0. The number of hydrogen-bond acceptors (Lipinski definition) is 5. The lowest BCUT2D eigenvalue weighted by molar-refractivity contribution is -0.134. The van der Waals surface area contributed by atoms with Crippen molar-refractivity contribution < 1.29 is 14.3 Å². The van der Waals surface area contributed by atoms with E-state index in [2.05, 4.69) is 25.1 Å². The standard InChI is InChI=1S/C28H31N3O3S/c1-19-7-8-24(15-20(19)2)34-17-26(32)30-12-10-22(11-13-30)27-29-25(18-35-27)28(33)31-14-9-21-5-3-4-6-23(21)16-31/h3-8,15,18,22H,9-14,16-17H2,1-2H3. The maximum absolute atomic E-state index is 13.1. The third-order valence-corrected chi connectivity index (χ3v) is 8.20. The van der Waals surface area contributed by atoms with Crippen molar-refractivity contribution in [1.82, 2.24) is 14.8 Å². The summed E-state index contributed by atoms with van der Waals surface area (Å²) in [6.07, 6.45) is 2.60. The zero-order valence-corrected chi connectivity index (χ0v) is 21.1. The Morgan fingerprint density at radius 1 is 1.00 bits per heavy atom. The summed E-state index contributed by atoms with van der Waals surface area (Å²) in [5, 5.41) is 2.90. The Hall–Kier alpha value is -3.19. The molecule has 1 saturated heterocycles. The topological polar surface area (TPSA) is 62.7 Å². The number of fused-ring (bicyclic) bond motifs is 1. The number of thiazole rings is 1. The molecule has 0 spiro atoms. The SMILES string of the molecule is Cc1ccc(OCC(=O)N2CCC(c3nc(C(=O)N4CCc5ccccc5C4)cs3)CC2)cc1C.